The van der Waals surface area contributed by atoms with Crippen molar-refractivity contribution in [3.63, 3.8) is 0 Å². The number of halogens is 7. The molecule has 0 radical (unpaired) electrons. The highest BCUT2D eigenvalue weighted by molar-refractivity contribution is 6.37. The quantitative estimate of drug-likeness (QED) is 0.312. The van der Waals surface area contributed by atoms with Crippen molar-refractivity contribution < 1.29 is 27.1 Å². The summed E-state index contributed by atoms with van der Waals surface area (Å²) in [5.74, 6) is -2.55. The van der Waals surface area contributed by atoms with Crippen LogP contribution in [0.1, 0.15) is 19.4 Å². The third kappa shape index (κ3) is 5.02. The zero-order valence-corrected chi connectivity index (χ0v) is 18.6. The van der Waals surface area contributed by atoms with Crippen LogP contribution in [0, 0.1) is 23.1 Å². The minimum Gasteiger partial charge on any atom is -0.460 e. The summed E-state index contributed by atoms with van der Waals surface area (Å²) in [6.45, 7) is 3.06. The van der Waals surface area contributed by atoms with Crippen LogP contribution in [0.3, 0.4) is 0 Å². The number of hydrogen-bond acceptors (Lipinski definition) is 2. The first-order valence-electron chi connectivity index (χ1n) is 9.18. The molecule has 2 aromatic carbocycles. The molecule has 1 fully saturated rings. The second-order valence-corrected chi connectivity index (χ2v) is 9.03. The molecule has 0 spiro atoms. The van der Waals surface area contributed by atoms with Crippen molar-refractivity contribution >= 4 is 40.8 Å². The second kappa shape index (κ2) is 8.64. The van der Waals surface area contributed by atoms with Crippen LogP contribution in [0.2, 0.25) is 10.0 Å². The predicted octanol–water partition coefficient (Wildman–Crippen LogP) is 7.80. The fraction of sp³-hybridized carbons (Fsp3) is 0.318. The first-order valence-corrected chi connectivity index (χ1v) is 10.3. The van der Waals surface area contributed by atoms with Crippen LogP contribution >= 0.6 is 34.8 Å². The van der Waals surface area contributed by atoms with E-state index in [9.17, 15) is 22.4 Å². The number of allylic oxidation sites excluding steroid dienone is 2. The van der Waals surface area contributed by atoms with Crippen molar-refractivity contribution in [2.45, 2.75) is 26.6 Å². The molecule has 0 amide bonds. The molecular formula is C22H17Cl3F4O2. The summed E-state index contributed by atoms with van der Waals surface area (Å²) in [6.07, 6.45) is -3.82. The van der Waals surface area contributed by atoms with E-state index in [2.05, 4.69) is 0 Å². The molecule has 0 aliphatic heterocycles. The van der Waals surface area contributed by atoms with Crippen LogP contribution in [-0.2, 0) is 16.1 Å². The lowest BCUT2D eigenvalue weighted by atomic mass is 10.0. The molecule has 0 bridgehead atoms. The number of esters is 1. The van der Waals surface area contributed by atoms with E-state index in [0.29, 0.717) is 16.7 Å². The zero-order valence-electron chi connectivity index (χ0n) is 16.4. The van der Waals surface area contributed by atoms with Gasteiger partial charge in [0.1, 0.15) is 17.5 Å². The van der Waals surface area contributed by atoms with Crippen molar-refractivity contribution in [2.24, 2.45) is 17.3 Å². The first-order chi connectivity index (χ1) is 14.3. The Morgan fingerprint density at radius 1 is 1.13 bits per heavy atom. The summed E-state index contributed by atoms with van der Waals surface area (Å²) >= 11 is 18.0. The van der Waals surface area contributed by atoms with Crippen molar-refractivity contribution in [3.8, 4) is 11.1 Å². The van der Waals surface area contributed by atoms with E-state index in [1.54, 1.807) is 38.1 Å². The number of carbonyl (C=O) groups is 1. The van der Waals surface area contributed by atoms with Crippen LogP contribution in [-0.4, -0.2) is 12.1 Å². The van der Waals surface area contributed by atoms with Gasteiger partial charge in [0.25, 0.3) is 0 Å². The number of ether oxygens (including phenoxy) is 1. The predicted molar refractivity (Wildman–Crippen MR) is 112 cm³/mol. The third-order valence-corrected chi connectivity index (χ3v) is 6.59. The molecule has 2 atom stereocenters. The van der Waals surface area contributed by atoms with E-state index in [1.165, 1.54) is 12.1 Å². The molecule has 0 heterocycles. The average molecular weight is 496 g/mol. The topological polar surface area (TPSA) is 26.3 Å². The Morgan fingerprint density at radius 2 is 1.74 bits per heavy atom. The second-order valence-electron chi connectivity index (χ2n) is 7.84. The number of carbonyl (C=O) groups excluding carboxylic acids is 1. The van der Waals surface area contributed by atoms with Gasteiger partial charge < -0.3 is 4.74 Å². The third-order valence-electron chi connectivity index (χ3n) is 5.46. The van der Waals surface area contributed by atoms with Crippen LogP contribution in [0.25, 0.3) is 11.1 Å². The minimum absolute atomic E-state index is 0.235. The van der Waals surface area contributed by atoms with E-state index in [0.717, 1.165) is 6.08 Å². The molecule has 1 saturated carbocycles. The maximum Gasteiger partial charge on any atom is 0.426 e. The Kier molecular flexibility index (Phi) is 6.66. The maximum atomic E-state index is 13.2. The van der Waals surface area contributed by atoms with Gasteiger partial charge in [-0.15, -0.1) is 0 Å². The highest BCUT2D eigenvalue weighted by Gasteiger charge is 2.62. The monoisotopic (exact) mass is 494 g/mol. The summed E-state index contributed by atoms with van der Waals surface area (Å²) in [5.41, 5.74) is 0.830. The summed E-state index contributed by atoms with van der Waals surface area (Å²) < 4.78 is 56.7. The molecule has 0 saturated heterocycles. The molecule has 2 aromatic rings. The highest BCUT2D eigenvalue weighted by atomic mass is 35.5. The molecule has 31 heavy (non-hydrogen) atoms. The Balaban J connectivity index is 1.76. The number of benzene rings is 2. The first kappa shape index (κ1) is 23.9. The molecule has 166 valence electrons. The molecule has 0 N–H and O–H groups in total. The van der Waals surface area contributed by atoms with E-state index < -0.39 is 40.2 Å². The van der Waals surface area contributed by atoms with Gasteiger partial charge in [-0.3, -0.25) is 4.79 Å². The Bertz CT molecular complexity index is 1030. The van der Waals surface area contributed by atoms with Crippen molar-refractivity contribution in [1.82, 2.24) is 0 Å². The lowest BCUT2D eigenvalue weighted by molar-refractivity contribution is -0.147. The van der Waals surface area contributed by atoms with Crippen LogP contribution in [0.5, 0.6) is 0 Å². The molecule has 1 aliphatic carbocycles. The number of alkyl halides is 3. The maximum absolute atomic E-state index is 13.2. The molecule has 2 unspecified atom stereocenters. The van der Waals surface area contributed by atoms with Gasteiger partial charge >= 0.3 is 12.1 Å². The van der Waals surface area contributed by atoms with E-state index in [4.69, 9.17) is 39.5 Å². The van der Waals surface area contributed by atoms with Gasteiger partial charge in [-0.2, -0.15) is 13.2 Å². The van der Waals surface area contributed by atoms with Crippen molar-refractivity contribution in [3.05, 3.63) is 68.9 Å². The fourth-order valence-electron chi connectivity index (χ4n) is 3.51. The molecule has 2 nitrogen and oxygen atoms in total. The van der Waals surface area contributed by atoms with Gasteiger partial charge in [0.15, 0.2) is 0 Å². The standard InChI is InChI=1S/C22H17Cl3F4O2/c1-21(2)15(9-17(24)22(27,28)29)18(21)20(30)31-10-14-16(23)8-7-13(19(14)25)11-3-5-12(26)6-4-11/h3-9,15,18H,10H2,1-2H3/b17-9-. The van der Waals surface area contributed by atoms with E-state index >= 15 is 0 Å². The lowest BCUT2D eigenvalue weighted by Gasteiger charge is -2.13. The molecule has 3 rings (SSSR count). The summed E-state index contributed by atoms with van der Waals surface area (Å²) in [5, 5.41) is -0.771. The van der Waals surface area contributed by atoms with Gasteiger partial charge in [0.2, 0.25) is 0 Å². The van der Waals surface area contributed by atoms with Crippen LogP contribution < -0.4 is 0 Å². The van der Waals surface area contributed by atoms with Gasteiger partial charge in [0.05, 0.1) is 10.9 Å². The summed E-state index contributed by atoms with van der Waals surface area (Å²) in [7, 11) is 0. The normalized spacial score (nSPS) is 20.5. The molecule has 1 aliphatic rings. The Morgan fingerprint density at radius 3 is 2.32 bits per heavy atom. The Labute approximate surface area is 191 Å². The van der Waals surface area contributed by atoms with Gasteiger partial charge in [-0.25, -0.2) is 4.39 Å². The van der Waals surface area contributed by atoms with Gasteiger partial charge in [0, 0.05) is 16.1 Å². The Hall–Kier alpha value is -1.76. The van der Waals surface area contributed by atoms with Crippen LogP contribution in [0.15, 0.2) is 47.5 Å². The largest absolute Gasteiger partial charge is 0.460 e. The highest BCUT2D eigenvalue weighted by Crippen LogP contribution is 2.60. The SMILES string of the molecule is CC1(C)C(/C=C(\Cl)C(F)(F)F)C1C(=O)OCc1c(Cl)ccc(-c2ccc(F)cc2)c1Cl. The smallest absolute Gasteiger partial charge is 0.426 e. The van der Waals surface area contributed by atoms with E-state index in [1.807, 2.05) is 0 Å². The molecule has 9 heteroatoms. The lowest BCUT2D eigenvalue weighted by Crippen LogP contribution is -2.11. The van der Waals surface area contributed by atoms with Gasteiger partial charge in [-0.1, -0.05) is 72.9 Å². The van der Waals surface area contributed by atoms with Crippen LogP contribution in [0.4, 0.5) is 17.6 Å². The van der Waals surface area contributed by atoms with Crippen molar-refractivity contribution in [1.29, 1.82) is 0 Å². The minimum atomic E-state index is -4.67. The summed E-state index contributed by atoms with van der Waals surface area (Å²) in [6, 6.07) is 8.91. The zero-order chi connectivity index (χ0) is 23.1. The van der Waals surface area contributed by atoms with Crippen molar-refractivity contribution in [2.75, 3.05) is 0 Å². The fourth-order valence-corrected chi connectivity index (χ4v) is 4.23. The summed E-state index contributed by atoms with van der Waals surface area (Å²) in [4.78, 5) is 12.5. The molecule has 0 aromatic heterocycles. The van der Waals surface area contributed by atoms with Gasteiger partial charge in [-0.05, 0) is 35.1 Å². The average Bonchev–Trinajstić information content (AvgIpc) is 3.21. The van der Waals surface area contributed by atoms with E-state index in [-0.39, 0.29) is 16.7 Å². The molecular weight excluding hydrogens is 479 g/mol. The number of hydrogen-bond donors (Lipinski definition) is 0. The number of rotatable bonds is 5.